The Balaban J connectivity index is 2.13. The summed E-state index contributed by atoms with van der Waals surface area (Å²) in [5, 5.41) is 4.24. The third-order valence-corrected chi connectivity index (χ3v) is 3.88. The van der Waals surface area contributed by atoms with Gasteiger partial charge in [0.2, 0.25) is 0 Å². The lowest BCUT2D eigenvalue weighted by Crippen LogP contribution is -2.26. The van der Waals surface area contributed by atoms with E-state index < -0.39 is 0 Å². The maximum absolute atomic E-state index is 6.42. The number of anilines is 1. The van der Waals surface area contributed by atoms with Crippen LogP contribution >= 0.6 is 11.6 Å². The fourth-order valence-electron chi connectivity index (χ4n) is 2.48. The van der Waals surface area contributed by atoms with E-state index in [4.69, 9.17) is 16.3 Å². The van der Waals surface area contributed by atoms with Gasteiger partial charge in [-0.2, -0.15) is 0 Å². The van der Waals surface area contributed by atoms with E-state index in [0.29, 0.717) is 6.04 Å². The number of ether oxygens (including phenoxy) is 1. The smallest absolute Gasteiger partial charge is 0.0641 e. The second-order valence-corrected chi connectivity index (χ2v) is 5.35. The van der Waals surface area contributed by atoms with Crippen molar-refractivity contribution in [2.75, 3.05) is 37.7 Å². The Kier molecular flexibility index (Phi) is 5.49. The van der Waals surface area contributed by atoms with Crippen LogP contribution < -0.4 is 10.2 Å². The number of benzene rings is 1. The third-order valence-electron chi connectivity index (χ3n) is 3.55. The summed E-state index contributed by atoms with van der Waals surface area (Å²) in [5.41, 5.74) is 2.36. The molecule has 106 valence electrons. The van der Waals surface area contributed by atoms with Crippen LogP contribution in [-0.2, 0) is 4.74 Å². The van der Waals surface area contributed by atoms with E-state index in [0.717, 1.165) is 44.3 Å². The molecule has 0 aliphatic carbocycles. The average Bonchev–Trinajstić information content (AvgIpc) is 2.67. The summed E-state index contributed by atoms with van der Waals surface area (Å²) in [6.45, 7) is 8.84. The highest BCUT2D eigenvalue weighted by Gasteiger charge is 2.13. The number of nitrogens with zero attached hydrogens (tertiary/aromatic N) is 1. The molecule has 1 aromatic carbocycles. The van der Waals surface area contributed by atoms with Gasteiger partial charge in [0.05, 0.1) is 6.61 Å². The molecule has 1 aliphatic rings. The molecule has 1 fully saturated rings. The first kappa shape index (κ1) is 14.6. The molecular formula is C15H23ClN2O. The monoisotopic (exact) mass is 282 g/mol. The molecule has 2 rings (SSSR count). The van der Waals surface area contributed by atoms with E-state index in [-0.39, 0.29) is 0 Å². The first-order valence-electron chi connectivity index (χ1n) is 7.08. The van der Waals surface area contributed by atoms with Crippen molar-refractivity contribution in [1.29, 1.82) is 0 Å². The van der Waals surface area contributed by atoms with Crippen LogP contribution in [0, 0.1) is 0 Å². The number of hydrogen-bond donors (Lipinski definition) is 1. The van der Waals surface area contributed by atoms with Crippen molar-refractivity contribution in [2.24, 2.45) is 0 Å². The fraction of sp³-hybridized carbons (Fsp3) is 0.600. The van der Waals surface area contributed by atoms with Crippen LogP contribution in [0.4, 0.5) is 5.69 Å². The Morgan fingerprint density at radius 3 is 2.95 bits per heavy atom. The molecule has 1 N–H and O–H groups in total. The molecule has 0 spiro atoms. The van der Waals surface area contributed by atoms with Crippen LogP contribution in [-0.4, -0.2) is 32.8 Å². The average molecular weight is 283 g/mol. The molecule has 1 unspecified atom stereocenters. The van der Waals surface area contributed by atoms with Gasteiger partial charge in [0.15, 0.2) is 0 Å². The first-order valence-corrected chi connectivity index (χ1v) is 7.45. The van der Waals surface area contributed by atoms with E-state index in [1.54, 1.807) is 0 Å². The van der Waals surface area contributed by atoms with Crippen LogP contribution in [0.25, 0.3) is 0 Å². The Bertz CT molecular complexity index is 403. The van der Waals surface area contributed by atoms with Crippen LogP contribution in [0.15, 0.2) is 18.2 Å². The second kappa shape index (κ2) is 7.13. The van der Waals surface area contributed by atoms with Gasteiger partial charge < -0.3 is 15.0 Å². The molecule has 1 heterocycles. The summed E-state index contributed by atoms with van der Waals surface area (Å²) >= 11 is 6.42. The number of nitrogens with one attached hydrogen (secondary N) is 1. The van der Waals surface area contributed by atoms with Gasteiger partial charge in [0, 0.05) is 36.4 Å². The highest BCUT2D eigenvalue weighted by Crippen LogP contribution is 2.28. The molecule has 4 heteroatoms. The molecule has 1 aromatic rings. The SMILES string of the molecule is CCNC(C)c1ccc(N2CCCOCC2)cc1Cl. The van der Waals surface area contributed by atoms with Crippen molar-refractivity contribution in [3.8, 4) is 0 Å². The summed E-state index contributed by atoms with van der Waals surface area (Å²) in [6, 6.07) is 6.67. The maximum atomic E-state index is 6.42. The van der Waals surface area contributed by atoms with Crippen LogP contribution in [0.3, 0.4) is 0 Å². The normalized spacial score (nSPS) is 18.2. The minimum absolute atomic E-state index is 0.291. The molecule has 3 nitrogen and oxygen atoms in total. The molecule has 1 saturated heterocycles. The lowest BCUT2D eigenvalue weighted by atomic mass is 10.1. The molecule has 0 radical (unpaired) electrons. The quantitative estimate of drug-likeness (QED) is 0.918. The molecule has 1 atom stereocenters. The van der Waals surface area contributed by atoms with Crippen molar-refractivity contribution in [3.63, 3.8) is 0 Å². The van der Waals surface area contributed by atoms with Crippen molar-refractivity contribution in [1.82, 2.24) is 5.32 Å². The van der Waals surface area contributed by atoms with Gasteiger partial charge in [0.1, 0.15) is 0 Å². The van der Waals surface area contributed by atoms with Gasteiger partial charge in [-0.15, -0.1) is 0 Å². The zero-order valence-electron chi connectivity index (χ0n) is 11.8. The van der Waals surface area contributed by atoms with E-state index >= 15 is 0 Å². The summed E-state index contributed by atoms with van der Waals surface area (Å²) < 4.78 is 5.49. The minimum Gasteiger partial charge on any atom is -0.380 e. The predicted molar refractivity (Wildman–Crippen MR) is 81.2 cm³/mol. The van der Waals surface area contributed by atoms with E-state index in [9.17, 15) is 0 Å². The summed E-state index contributed by atoms with van der Waals surface area (Å²) in [4.78, 5) is 2.35. The van der Waals surface area contributed by atoms with Gasteiger partial charge in [-0.25, -0.2) is 0 Å². The van der Waals surface area contributed by atoms with Crippen molar-refractivity contribution >= 4 is 17.3 Å². The number of hydrogen-bond acceptors (Lipinski definition) is 3. The molecular weight excluding hydrogens is 260 g/mol. The maximum Gasteiger partial charge on any atom is 0.0641 e. The topological polar surface area (TPSA) is 24.5 Å². The van der Waals surface area contributed by atoms with Gasteiger partial charge in [-0.3, -0.25) is 0 Å². The Hall–Kier alpha value is -0.770. The highest BCUT2D eigenvalue weighted by molar-refractivity contribution is 6.31. The standard InChI is InChI=1S/C15H23ClN2O/c1-3-17-12(2)14-6-5-13(11-15(14)16)18-7-4-9-19-10-8-18/h5-6,11-12,17H,3-4,7-10H2,1-2H3. The second-order valence-electron chi connectivity index (χ2n) is 4.94. The Morgan fingerprint density at radius 1 is 1.37 bits per heavy atom. The van der Waals surface area contributed by atoms with Crippen molar-refractivity contribution < 1.29 is 4.74 Å². The van der Waals surface area contributed by atoms with E-state index in [2.05, 4.69) is 42.3 Å². The summed E-state index contributed by atoms with van der Waals surface area (Å²) in [7, 11) is 0. The Labute approximate surface area is 120 Å². The Morgan fingerprint density at radius 2 is 2.21 bits per heavy atom. The zero-order valence-corrected chi connectivity index (χ0v) is 12.5. The molecule has 0 saturated carbocycles. The van der Waals surface area contributed by atoms with Gasteiger partial charge in [-0.1, -0.05) is 24.6 Å². The summed E-state index contributed by atoms with van der Waals surface area (Å²) in [6.07, 6.45) is 1.08. The van der Waals surface area contributed by atoms with Crippen molar-refractivity contribution in [2.45, 2.75) is 26.3 Å². The largest absolute Gasteiger partial charge is 0.380 e. The van der Waals surface area contributed by atoms with Crippen LogP contribution in [0.2, 0.25) is 5.02 Å². The molecule has 1 aliphatic heterocycles. The lowest BCUT2D eigenvalue weighted by molar-refractivity contribution is 0.152. The van der Waals surface area contributed by atoms with Crippen LogP contribution in [0.5, 0.6) is 0 Å². The molecule has 0 amide bonds. The highest BCUT2D eigenvalue weighted by atomic mass is 35.5. The molecule has 0 aromatic heterocycles. The predicted octanol–water partition coefficient (Wildman–Crippen LogP) is 3.24. The van der Waals surface area contributed by atoms with Crippen LogP contribution in [0.1, 0.15) is 31.9 Å². The summed E-state index contributed by atoms with van der Waals surface area (Å²) in [5.74, 6) is 0. The van der Waals surface area contributed by atoms with Crippen molar-refractivity contribution in [3.05, 3.63) is 28.8 Å². The number of halogens is 1. The van der Waals surface area contributed by atoms with E-state index in [1.165, 1.54) is 11.3 Å². The third kappa shape index (κ3) is 3.85. The zero-order chi connectivity index (χ0) is 13.7. The fourth-order valence-corrected chi connectivity index (χ4v) is 2.82. The van der Waals surface area contributed by atoms with E-state index in [1.807, 2.05) is 0 Å². The minimum atomic E-state index is 0.291. The number of rotatable bonds is 4. The van der Waals surface area contributed by atoms with Gasteiger partial charge in [0.25, 0.3) is 0 Å². The van der Waals surface area contributed by atoms with Gasteiger partial charge >= 0.3 is 0 Å². The molecule has 0 bridgehead atoms. The van der Waals surface area contributed by atoms with Gasteiger partial charge in [-0.05, 0) is 37.6 Å². The first-order chi connectivity index (χ1) is 9.22. The lowest BCUT2D eigenvalue weighted by Gasteiger charge is -2.23. The molecule has 19 heavy (non-hydrogen) atoms.